The van der Waals surface area contributed by atoms with Crippen molar-refractivity contribution < 1.29 is 0 Å². The second-order valence-electron chi connectivity index (χ2n) is 12.1. The van der Waals surface area contributed by atoms with Crippen LogP contribution in [0.1, 0.15) is 103 Å². The maximum atomic E-state index is 2.71. The van der Waals surface area contributed by atoms with Gasteiger partial charge in [-0.2, -0.15) is 0 Å². The number of hydrogen-bond donors (Lipinski definition) is 0. The van der Waals surface area contributed by atoms with Gasteiger partial charge in [-0.1, -0.05) is 59.7 Å². The normalized spacial score (nSPS) is 36.8. The summed E-state index contributed by atoms with van der Waals surface area (Å²) in [5.41, 5.74) is 5.58. The van der Waals surface area contributed by atoms with Gasteiger partial charge in [0.1, 0.15) is 0 Å². The lowest BCUT2D eigenvalue weighted by Gasteiger charge is -2.52. The first kappa shape index (κ1) is 21.5. The maximum Gasteiger partial charge on any atom is -0.0128 e. The van der Waals surface area contributed by atoms with Crippen LogP contribution >= 0.6 is 0 Å². The first-order chi connectivity index (χ1) is 13.7. The highest BCUT2D eigenvalue weighted by atomic mass is 14.6. The molecular weight excluding hydrogens is 348 g/mol. The van der Waals surface area contributed by atoms with Gasteiger partial charge in [-0.05, 0) is 121 Å². The molecule has 8 atom stereocenters. The lowest BCUT2D eigenvalue weighted by molar-refractivity contribution is 0.00608. The van der Waals surface area contributed by atoms with Gasteiger partial charge >= 0.3 is 0 Å². The Morgan fingerprint density at radius 2 is 1.76 bits per heavy atom. The first-order valence-corrected chi connectivity index (χ1v) is 12.8. The van der Waals surface area contributed by atoms with Crippen LogP contribution < -0.4 is 0 Å². The summed E-state index contributed by atoms with van der Waals surface area (Å²) in [5.74, 6) is 7.12. The summed E-state index contributed by atoms with van der Waals surface area (Å²) in [6.07, 6.45) is 10.1. The topological polar surface area (TPSA) is 0 Å². The lowest BCUT2D eigenvalue weighted by atomic mass is 9.52. The molecular formula is C29H46. The van der Waals surface area contributed by atoms with Crippen molar-refractivity contribution in [3.63, 3.8) is 0 Å². The summed E-state index contributed by atoms with van der Waals surface area (Å²) in [6, 6.07) is 7.13. The van der Waals surface area contributed by atoms with E-state index in [-0.39, 0.29) is 0 Å². The van der Waals surface area contributed by atoms with E-state index in [0.29, 0.717) is 5.41 Å². The van der Waals surface area contributed by atoms with Gasteiger partial charge in [0.05, 0.1) is 0 Å². The fourth-order valence-electron chi connectivity index (χ4n) is 8.40. The summed E-state index contributed by atoms with van der Waals surface area (Å²) in [4.78, 5) is 0. The highest BCUT2D eigenvalue weighted by Crippen LogP contribution is 2.64. The van der Waals surface area contributed by atoms with Crippen LogP contribution in [0.25, 0.3) is 0 Å². The molecule has 162 valence electrons. The predicted molar refractivity (Wildman–Crippen MR) is 126 cm³/mol. The van der Waals surface area contributed by atoms with E-state index in [9.17, 15) is 0 Å². The van der Waals surface area contributed by atoms with Crippen molar-refractivity contribution in [3.05, 3.63) is 34.9 Å². The van der Waals surface area contributed by atoms with Crippen molar-refractivity contribution in [1.29, 1.82) is 0 Å². The van der Waals surface area contributed by atoms with Gasteiger partial charge in [0.2, 0.25) is 0 Å². The van der Waals surface area contributed by atoms with Gasteiger partial charge in [-0.25, -0.2) is 0 Å². The number of hydrogen-bond acceptors (Lipinski definition) is 0. The van der Waals surface area contributed by atoms with E-state index in [2.05, 4.69) is 66.7 Å². The van der Waals surface area contributed by atoms with Gasteiger partial charge in [-0.15, -0.1) is 0 Å². The van der Waals surface area contributed by atoms with Crippen LogP contribution in [0.2, 0.25) is 0 Å². The first-order valence-electron chi connectivity index (χ1n) is 12.8. The van der Waals surface area contributed by atoms with Gasteiger partial charge in [-0.3, -0.25) is 0 Å². The molecule has 2 saturated carbocycles. The molecule has 0 unspecified atom stereocenters. The van der Waals surface area contributed by atoms with Crippen LogP contribution in [0.4, 0.5) is 0 Å². The maximum absolute atomic E-state index is 2.71. The Labute approximate surface area is 181 Å². The third kappa shape index (κ3) is 3.61. The molecule has 2 fully saturated rings. The number of aryl methyl sites for hydroxylation is 1. The van der Waals surface area contributed by atoms with Gasteiger partial charge in [0, 0.05) is 0 Å². The Hall–Kier alpha value is -0.780. The Bertz CT molecular complexity index is 715. The SMILES string of the molecule is Cc1cccc2c1CC[C@@H]1[C@@H]2CC[C@]2(C)[C@@H]([C@H](C)C[C@@H](C)[C@@H](C)C(C)C)CC[C@@H]12. The van der Waals surface area contributed by atoms with Crippen molar-refractivity contribution in [2.75, 3.05) is 0 Å². The minimum absolute atomic E-state index is 0.600. The molecule has 29 heavy (non-hydrogen) atoms. The van der Waals surface area contributed by atoms with Crippen LogP contribution in [-0.2, 0) is 6.42 Å². The van der Waals surface area contributed by atoms with Crippen LogP contribution in [0.3, 0.4) is 0 Å². The van der Waals surface area contributed by atoms with Gasteiger partial charge < -0.3 is 0 Å². The molecule has 0 N–H and O–H groups in total. The van der Waals surface area contributed by atoms with Crippen LogP contribution in [0.15, 0.2) is 18.2 Å². The highest BCUT2D eigenvalue weighted by Gasteiger charge is 2.55. The van der Waals surface area contributed by atoms with Crippen LogP contribution in [-0.4, -0.2) is 0 Å². The number of benzene rings is 1. The van der Waals surface area contributed by atoms with Crippen molar-refractivity contribution in [2.24, 2.45) is 46.8 Å². The molecule has 0 nitrogen and oxygen atoms in total. The molecule has 3 aliphatic rings. The fraction of sp³-hybridized carbons (Fsp3) is 0.793. The molecule has 0 bridgehead atoms. The monoisotopic (exact) mass is 394 g/mol. The molecule has 0 aromatic heterocycles. The molecule has 0 heteroatoms. The molecule has 4 rings (SSSR count). The van der Waals surface area contributed by atoms with Crippen molar-refractivity contribution in [1.82, 2.24) is 0 Å². The van der Waals surface area contributed by atoms with E-state index in [1.165, 1.54) is 44.9 Å². The molecule has 0 aliphatic heterocycles. The van der Waals surface area contributed by atoms with Crippen molar-refractivity contribution in [2.45, 2.75) is 99.3 Å². The van der Waals surface area contributed by atoms with Crippen molar-refractivity contribution in [3.8, 4) is 0 Å². The van der Waals surface area contributed by atoms with E-state index in [1.807, 2.05) is 0 Å². The average Bonchev–Trinajstić information content (AvgIpc) is 3.04. The molecule has 0 spiro atoms. The van der Waals surface area contributed by atoms with E-state index >= 15 is 0 Å². The molecule has 0 saturated heterocycles. The summed E-state index contributed by atoms with van der Waals surface area (Å²) < 4.78 is 0. The van der Waals surface area contributed by atoms with E-state index in [0.717, 1.165) is 47.3 Å². The zero-order chi connectivity index (χ0) is 20.9. The Morgan fingerprint density at radius 3 is 2.48 bits per heavy atom. The third-order valence-corrected chi connectivity index (χ3v) is 10.5. The summed E-state index contributed by atoms with van der Waals surface area (Å²) in [7, 11) is 0. The average molecular weight is 395 g/mol. The van der Waals surface area contributed by atoms with Crippen molar-refractivity contribution >= 4 is 0 Å². The van der Waals surface area contributed by atoms with E-state index < -0.39 is 0 Å². The molecule has 0 amide bonds. The number of fused-ring (bicyclic) bond motifs is 5. The molecule has 3 aliphatic carbocycles. The zero-order valence-electron chi connectivity index (χ0n) is 20.3. The Morgan fingerprint density at radius 1 is 1.00 bits per heavy atom. The van der Waals surface area contributed by atoms with Crippen LogP contribution in [0, 0.1) is 53.8 Å². The fourth-order valence-corrected chi connectivity index (χ4v) is 8.40. The van der Waals surface area contributed by atoms with E-state index in [4.69, 9.17) is 0 Å². The minimum Gasteiger partial charge on any atom is -0.0625 e. The summed E-state index contributed by atoms with van der Waals surface area (Å²) in [6.45, 7) is 17.5. The molecule has 0 radical (unpaired) electrons. The second kappa shape index (κ2) is 8.05. The molecule has 1 aromatic rings. The summed E-state index contributed by atoms with van der Waals surface area (Å²) in [5, 5.41) is 0. The smallest absolute Gasteiger partial charge is 0.0128 e. The zero-order valence-corrected chi connectivity index (χ0v) is 20.3. The van der Waals surface area contributed by atoms with Crippen LogP contribution in [0.5, 0.6) is 0 Å². The highest BCUT2D eigenvalue weighted by molar-refractivity contribution is 5.40. The number of rotatable bonds is 5. The predicted octanol–water partition coefficient (Wildman–Crippen LogP) is 8.42. The minimum atomic E-state index is 0.600. The molecule has 1 aromatic carbocycles. The third-order valence-electron chi connectivity index (χ3n) is 10.5. The van der Waals surface area contributed by atoms with Gasteiger partial charge in [0.15, 0.2) is 0 Å². The van der Waals surface area contributed by atoms with Gasteiger partial charge in [0.25, 0.3) is 0 Å². The largest absolute Gasteiger partial charge is 0.0625 e. The quantitative estimate of drug-likeness (QED) is 0.470. The molecule has 0 heterocycles. The standard InChI is InChI=1S/C29H46/c1-18(2)22(6)20(4)17-21(5)27-13-14-28-26-12-11-23-19(3)9-8-10-24(23)25(26)15-16-29(27,28)7/h8-10,18,20-22,25-28H,11-17H2,1-7H3/t20-,21-,22+,25-,26-,27-,28+,29-/m1/s1. The second-order valence-corrected chi connectivity index (χ2v) is 12.1. The Balaban J connectivity index is 1.51. The lowest BCUT2D eigenvalue weighted by Crippen LogP contribution is -2.43. The Kier molecular flexibility index (Phi) is 5.95. The summed E-state index contributed by atoms with van der Waals surface area (Å²) >= 11 is 0. The van der Waals surface area contributed by atoms with E-state index in [1.54, 1.807) is 16.7 Å².